The highest BCUT2D eigenvalue weighted by molar-refractivity contribution is 5.80. The molecule has 1 aromatic carbocycles. The van der Waals surface area contributed by atoms with Crippen LogP contribution in [0.15, 0.2) is 30.0 Å². The van der Waals surface area contributed by atoms with E-state index in [1.165, 1.54) is 18.3 Å². The third-order valence-corrected chi connectivity index (χ3v) is 4.52. The normalized spacial score (nSPS) is 16.5. The lowest BCUT2D eigenvalue weighted by atomic mass is 9.89. The topological polar surface area (TPSA) is 71.1 Å². The van der Waals surface area contributed by atoms with Crippen molar-refractivity contribution in [3.05, 3.63) is 46.9 Å². The van der Waals surface area contributed by atoms with Gasteiger partial charge in [-0.2, -0.15) is 0 Å². The van der Waals surface area contributed by atoms with Gasteiger partial charge in [-0.05, 0) is 55.4 Å². The van der Waals surface area contributed by atoms with Gasteiger partial charge in [0.15, 0.2) is 0 Å². The zero-order valence-electron chi connectivity index (χ0n) is 14.4. The molecule has 4 nitrogen and oxygen atoms in total. The Balaban J connectivity index is 2.40. The van der Waals surface area contributed by atoms with E-state index in [1.807, 2.05) is 13.8 Å². The number of allylic oxidation sites excluding steroid dienone is 2. The molecule has 0 radical (unpaired) electrons. The van der Waals surface area contributed by atoms with Gasteiger partial charge in [0, 0.05) is 42.1 Å². The Labute approximate surface area is 143 Å². The van der Waals surface area contributed by atoms with E-state index in [1.54, 1.807) is 0 Å². The summed E-state index contributed by atoms with van der Waals surface area (Å²) in [6, 6.07) is 2.86. The average molecular weight is 331 g/mol. The fourth-order valence-corrected chi connectivity index (χ4v) is 3.13. The van der Waals surface area contributed by atoms with E-state index in [0.717, 1.165) is 49.3 Å². The summed E-state index contributed by atoms with van der Waals surface area (Å²) < 4.78 is 19.4. The molecule has 24 heavy (non-hydrogen) atoms. The molecule has 1 aliphatic rings. The minimum atomic E-state index is -0.359. The van der Waals surface area contributed by atoms with Crippen LogP contribution in [0.3, 0.4) is 0 Å². The molecular formula is C19H26FN3O. The number of ether oxygens (including phenoxy) is 1. The van der Waals surface area contributed by atoms with Gasteiger partial charge in [-0.1, -0.05) is 13.5 Å². The molecular weight excluding hydrogens is 305 g/mol. The van der Waals surface area contributed by atoms with Crippen LogP contribution in [0.25, 0.3) is 5.70 Å². The Hall–Kier alpha value is -2.14. The van der Waals surface area contributed by atoms with Gasteiger partial charge in [-0.25, -0.2) is 4.39 Å². The third-order valence-electron chi connectivity index (χ3n) is 4.52. The lowest BCUT2D eigenvalue weighted by Crippen LogP contribution is -2.21. The number of rotatable bonds is 6. The third kappa shape index (κ3) is 4.03. The van der Waals surface area contributed by atoms with E-state index >= 15 is 0 Å². The summed E-state index contributed by atoms with van der Waals surface area (Å²) in [4.78, 5) is 0. The maximum absolute atomic E-state index is 13.9. The van der Waals surface area contributed by atoms with E-state index in [4.69, 9.17) is 15.9 Å². The van der Waals surface area contributed by atoms with E-state index in [-0.39, 0.29) is 5.82 Å². The van der Waals surface area contributed by atoms with Crippen molar-refractivity contribution in [1.29, 1.82) is 5.41 Å². The van der Waals surface area contributed by atoms with Gasteiger partial charge in [0.25, 0.3) is 0 Å². The van der Waals surface area contributed by atoms with Gasteiger partial charge in [0.2, 0.25) is 0 Å². The number of hydrogen-bond donors (Lipinski definition) is 3. The summed E-state index contributed by atoms with van der Waals surface area (Å²) in [6.07, 6.45) is 3.96. The number of anilines is 1. The fraction of sp³-hybridized carbons (Fsp3) is 0.421. The molecule has 1 heterocycles. The molecule has 0 aliphatic carbocycles. The number of nitrogens with two attached hydrogens (primary N) is 1. The van der Waals surface area contributed by atoms with Crippen molar-refractivity contribution in [3.63, 3.8) is 0 Å². The van der Waals surface area contributed by atoms with Crippen molar-refractivity contribution in [2.45, 2.75) is 33.1 Å². The van der Waals surface area contributed by atoms with Crippen LogP contribution in [-0.4, -0.2) is 19.4 Å². The molecule has 0 unspecified atom stereocenters. The van der Waals surface area contributed by atoms with E-state index < -0.39 is 0 Å². The summed E-state index contributed by atoms with van der Waals surface area (Å²) in [6.45, 7) is 9.07. The van der Waals surface area contributed by atoms with Crippen molar-refractivity contribution in [3.8, 4) is 0 Å². The molecule has 1 aromatic rings. The van der Waals surface area contributed by atoms with Gasteiger partial charge in [-0.15, -0.1) is 0 Å². The van der Waals surface area contributed by atoms with Crippen LogP contribution < -0.4 is 11.1 Å². The highest BCUT2D eigenvalue weighted by Crippen LogP contribution is 2.30. The summed E-state index contributed by atoms with van der Waals surface area (Å²) in [5, 5.41) is 11.2. The summed E-state index contributed by atoms with van der Waals surface area (Å²) >= 11 is 0. The lowest BCUT2D eigenvalue weighted by Gasteiger charge is -2.26. The molecule has 130 valence electrons. The second-order valence-corrected chi connectivity index (χ2v) is 6.09. The van der Waals surface area contributed by atoms with Crippen LogP contribution in [0.1, 0.15) is 37.3 Å². The molecule has 0 aromatic heterocycles. The first-order chi connectivity index (χ1) is 11.5. The highest BCUT2D eigenvalue weighted by atomic mass is 19.1. The SMILES string of the molecule is C=C(N)c1cc(F)cc(N/C(CC)=C(/C=N)C2CCOCC2)c1C. The van der Waals surface area contributed by atoms with Crippen LogP contribution in [0.4, 0.5) is 10.1 Å². The largest absolute Gasteiger partial charge is 0.399 e. The molecule has 0 amide bonds. The van der Waals surface area contributed by atoms with Crippen LogP contribution in [-0.2, 0) is 4.74 Å². The molecule has 4 N–H and O–H groups in total. The Kier molecular flexibility index (Phi) is 6.15. The number of halogens is 1. The second-order valence-electron chi connectivity index (χ2n) is 6.09. The molecule has 1 aliphatic heterocycles. The summed E-state index contributed by atoms with van der Waals surface area (Å²) in [7, 11) is 0. The first-order valence-electron chi connectivity index (χ1n) is 8.31. The van der Waals surface area contributed by atoms with Crippen molar-refractivity contribution < 1.29 is 9.13 Å². The van der Waals surface area contributed by atoms with Gasteiger partial charge >= 0.3 is 0 Å². The molecule has 2 rings (SSSR count). The van der Waals surface area contributed by atoms with Gasteiger partial charge in [0.05, 0.1) is 0 Å². The molecule has 5 heteroatoms. The first kappa shape index (κ1) is 18.2. The molecule has 0 bridgehead atoms. The van der Waals surface area contributed by atoms with Crippen LogP contribution in [0.5, 0.6) is 0 Å². The van der Waals surface area contributed by atoms with Gasteiger partial charge in [0.1, 0.15) is 5.82 Å². The predicted octanol–water partition coefficient (Wildman–Crippen LogP) is 4.22. The average Bonchev–Trinajstić information content (AvgIpc) is 2.58. The highest BCUT2D eigenvalue weighted by Gasteiger charge is 2.20. The Morgan fingerprint density at radius 2 is 2.12 bits per heavy atom. The van der Waals surface area contributed by atoms with Crippen molar-refractivity contribution in [2.75, 3.05) is 18.5 Å². The fourth-order valence-electron chi connectivity index (χ4n) is 3.13. The van der Waals surface area contributed by atoms with Crippen molar-refractivity contribution >= 4 is 17.6 Å². The summed E-state index contributed by atoms with van der Waals surface area (Å²) in [5.41, 5.74) is 10.1. The maximum Gasteiger partial charge on any atom is 0.125 e. The van der Waals surface area contributed by atoms with Crippen LogP contribution >= 0.6 is 0 Å². The number of benzene rings is 1. The zero-order valence-corrected chi connectivity index (χ0v) is 14.4. The molecule has 0 spiro atoms. The first-order valence-corrected chi connectivity index (χ1v) is 8.31. The van der Waals surface area contributed by atoms with Gasteiger partial charge in [-0.3, -0.25) is 0 Å². The van der Waals surface area contributed by atoms with Gasteiger partial charge < -0.3 is 21.2 Å². The maximum atomic E-state index is 13.9. The molecule has 0 atom stereocenters. The van der Waals surface area contributed by atoms with Crippen LogP contribution in [0.2, 0.25) is 0 Å². The standard InChI is InChI=1S/C19H26FN3O/c1-4-18(17(11-21)14-5-7-24-8-6-14)23-19-10-15(20)9-16(12(19)2)13(3)22/h9-11,14,21,23H,3-8,22H2,1-2H3/b18-17-,21-11?. The smallest absolute Gasteiger partial charge is 0.125 e. The lowest BCUT2D eigenvalue weighted by molar-refractivity contribution is 0.0770. The van der Waals surface area contributed by atoms with Crippen molar-refractivity contribution in [2.24, 2.45) is 11.7 Å². The van der Waals surface area contributed by atoms with E-state index in [0.29, 0.717) is 22.9 Å². The minimum absolute atomic E-state index is 0.302. The second kappa shape index (κ2) is 8.11. The Morgan fingerprint density at radius 1 is 1.46 bits per heavy atom. The molecule has 0 saturated carbocycles. The van der Waals surface area contributed by atoms with E-state index in [2.05, 4.69) is 11.9 Å². The van der Waals surface area contributed by atoms with E-state index in [9.17, 15) is 4.39 Å². The van der Waals surface area contributed by atoms with Crippen molar-refractivity contribution in [1.82, 2.24) is 0 Å². The minimum Gasteiger partial charge on any atom is -0.399 e. The monoisotopic (exact) mass is 331 g/mol. The molecule has 1 fully saturated rings. The zero-order chi connectivity index (χ0) is 17.7. The number of hydrogen-bond acceptors (Lipinski definition) is 4. The number of nitrogens with one attached hydrogen (secondary N) is 2. The summed E-state index contributed by atoms with van der Waals surface area (Å²) in [5.74, 6) is -0.0564. The quantitative estimate of drug-likeness (QED) is 0.684. The Bertz CT molecular complexity index is 661. The Morgan fingerprint density at radius 3 is 2.67 bits per heavy atom. The molecule has 1 saturated heterocycles. The predicted molar refractivity (Wildman–Crippen MR) is 97.6 cm³/mol. The van der Waals surface area contributed by atoms with Crippen LogP contribution in [0, 0.1) is 24.1 Å².